The molecule has 3 N–H and O–H groups in total. The van der Waals surface area contributed by atoms with Gasteiger partial charge in [-0.2, -0.15) is 20.1 Å². The molecular formula is C10H11N9OS. The highest BCUT2D eigenvalue weighted by Crippen LogP contribution is 2.22. The van der Waals surface area contributed by atoms with Crippen LogP contribution in [0.3, 0.4) is 0 Å². The van der Waals surface area contributed by atoms with Crippen molar-refractivity contribution in [1.29, 1.82) is 0 Å². The molecule has 0 spiro atoms. The summed E-state index contributed by atoms with van der Waals surface area (Å²) in [5.74, 6) is 0.370. The zero-order valence-corrected chi connectivity index (χ0v) is 11.8. The molecule has 108 valence electrons. The number of nitrogen functional groups attached to an aromatic ring is 1. The summed E-state index contributed by atoms with van der Waals surface area (Å²) in [4.78, 5) is 23.8. The van der Waals surface area contributed by atoms with E-state index in [1.54, 1.807) is 18.5 Å². The van der Waals surface area contributed by atoms with Gasteiger partial charge in [-0.05, 0) is 24.8 Å². The summed E-state index contributed by atoms with van der Waals surface area (Å²) >= 11 is 1.12. The third kappa shape index (κ3) is 2.63. The summed E-state index contributed by atoms with van der Waals surface area (Å²) in [6.07, 6.45) is 3.30. The van der Waals surface area contributed by atoms with Gasteiger partial charge >= 0.3 is 5.69 Å². The molecule has 0 bridgehead atoms. The molecule has 0 fully saturated rings. The van der Waals surface area contributed by atoms with Gasteiger partial charge in [-0.25, -0.2) is 14.6 Å². The van der Waals surface area contributed by atoms with Crippen LogP contribution in [0.25, 0.3) is 5.95 Å². The first-order valence-corrected chi connectivity index (χ1v) is 6.83. The summed E-state index contributed by atoms with van der Waals surface area (Å²) in [6, 6.07) is 1.75. The average molecular weight is 305 g/mol. The molecule has 11 heteroatoms. The normalized spacial score (nSPS) is 10.9. The maximum absolute atomic E-state index is 11.5. The van der Waals surface area contributed by atoms with Crippen LogP contribution in [-0.2, 0) is 6.54 Å². The molecular weight excluding hydrogens is 294 g/mol. The third-order valence-electron chi connectivity index (χ3n) is 2.55. The fourth-order valence-electron chi connectivity index (χ4n) is 1.64. The van der Waals surface area contributed by atoms with Gasteiger partial charge in [-0.3, -0.25) is 4.57 Å². The van der Waals surface area contributed by atoms with Crippen molar-refractivity contribution >= 4 is 17.7 Å². The zero-order chi connectivity index (χ0) is 14.8. The van der Waals surface area contributed by atoms with E-state index >= 15 is 0 Å². The molecule has 0 saturated carbocycles. The van der Waals surface area contributed by atoms with Crippen molar-refractivity contribution in [2.75, 3.05) is 5.73 Å². The minimum atomic E-state index is -0.283. The van der Waals surface area contributed by atoms with Gasteiger partial charge in [0.05, 0.1) is 0 Å². The largest absolute Gasteiger partial charge is 0.368 e. The number of H-pyrrole nitrogens is 1. The summed E-state index contributed by atoms with van der Waals surface area (Å²) in [5.41, 5.74) is 5.40. The fraction of sp³-hybridized carbons (Fsp3) is 0.200. The quantitative estimate of drug-likeness (QED) is 0.671. The number of nitrogens with one attached hydrogen (secondary N) is 1. The SMILES string of the molecule is CCn1c(Sc2nc(N)nc(-n3cccn3)n2)n[nH]c1=O. The van der Waals surface area contributed by atoms with Crippen molar-refractivity contribution in [2.24, 2.45) is 0 Å². The molecule has 0 saturated heterocycles. The second kappa shape index (κ2) is 5.36. The number of hydrogen-bond acceptors (Lipinski definition) is 8. The molecule has 0 unspecified atom stereocenters. The second-order valence-electron chi connectivity index (χ2n) is 3.88. The van der Waals surface area contributed by atoms with Gasteiger partial charge < -0.3 is 5.73 Å². The number of hydrogen-bond donors (Lipinski definition) is 2. The Kier molecular flexibility index (Phi) is 3.39. The number of anilines is 1. The minimum absolute atomic E-state index is 0.0685. The van der Waals surface area contributed by atoms with Crippen LogP contribution >= 0.6 is 11.8 Å². The lowest BCUT2D eigenvalue weighted by molar-refractivity contribution is 0.658. The molecule has 0 aromatic carbocycles. The molecule has 0 aliphatic heterocycles. The van der Waals surface area contributed by atoms with E-state index in [9.17, 15) is 4.79 Å². The van der Waals surface area contributed by atoms with E-state index in [1.807, 2.05) is 6.92 Å². The van der Waals surface area contributed by atoms with E-state index in [4.69, 9.17) is 5.73 Å². The summed E-state index contributed by atoms with van der Waals surface area (Å²) in [6.45, 7) is 2.34. The molecule has 0 radical (unpaired) electrons. The lowest BCUT2D eigenvalue weighted by atomic mass is 10.7. The van der Waals surface area contributed by atoms with Crippen molar-refractivity contribution in [3.63, 3.8) is 0 Å². The van der Waals surface area contributed by atoms with Gasteiger partial charge in [0.2, 0.25) is 11.1 Å². The molecule has 3 rings (SSSR count). The Morgan fingerprint density at radius 3 is 2.95 bits per heavy atom. The Morgan fingerprint density at radius 2 is 2.24 bits per heavy atom. The highest BCUT2D eigenvalue weighted by atomic mass is 32.2. The Balaban J connectivity index is 1.97. The number of aromatic nitrogens is 8. The Morgan fingerprint density at radius 1 is 1.38 bits per heavy atom. The Labute approximate surface area is 122 Å². The predicted molar refractivity (Wildman–Crippen MR) is 74.0 cm³/mol. The van der Waals surface area contributed by atoms with E-state index in [1.165, 1.54) is 9.25 Å². The minimum Gasteiger partial charge on any atom is -0.368 e. The molecule has 3 aromatic rings. The molecule has 0 atom stereocenters. The van der Waals surface area contributed by atoms with Crippen molar-refractivity contribution in [3.05, 3.63) is 28.9 Å². The van der Waals surface area contributed by atoms with Gasteiger partial charge in [0.15, 0.2) is 5.16 Å². The first-order valence-electron chi connectivity index (χ1n) is 6.02. The number of aromatic amines is 1. The first kappa shape index (κ1) is 13.3. The Bertz CT molecular complexity index is 806. The second-order valence-corrected chi connectivity index (χ2v) is 4.82. The lowest BCUT2D eigenvalue weighted by Crippen LogP contribution is -2.16. The summed E-state index contributed by atoms with van der Waals surface area (Å²) in [5, 5.41) is 11.1. The van der Waals surface area contributed by atoms with E-state index in [-0.39, 0.29) is 11.6 Å². The maximum atomic E-state index is 11.5. The predicted octanol–water partition coefficient (Wildman–Crippen LogP) is -0.305. The molecule has 10 nitrogen and oxygen atoms in total. The van der Waals surface area contributed by atoms with Gasteiger partial charge in [0.25, 0.3) is 5.95 Å². The summed E-state index contributed by atoms with van der Waals surface area (Å²) in [7, 11) is 0. The van der Waals surface area contributed by atoms with E-state index < -0.39 is 0 Å². The van der Waals surface area contributed by atoms with E-state index in [2.05, 4.69) is 30.2 Å². The molecule has 3 heterocycles. The van der Waals surface area contributed by atoms with Crippen LogP contribution in [0.2, 0.25) is 0 Å². The highest BCUT2D eigenvalue weighted by molar-refractivity contribution is 7.99. The van der Waals surface area contributed by atoms with Gasteiger partial charge in [-0.15, -0.1) is 5.10 Å². The van der Waals surface area contributed by atoms with E-state index in [0.29, 0.717) is 22.8 Å². The third-order valence-corrected chi connectivity index (χ3v) is 3.41. The van der Waals surface area contributed by atoms with Crippen LogP contribution in [0, 0.1) is 0 Å². The first-order chi connectivity index (χ1) is 10.2. The molecule has 0 aliphatic carbocycles. The van der Waals surface area contributed by atoms with Crippen molar-refractivity contribution in [1.82, 2.24) is 39.5 Å². The van der Waals surface area contributed by atoms with Gasteiger partial charge in [-0.1, -0.05) is 0 Å². The number of nitrogens with zero attached hydrogens (tertiary/aromatic N) is 7. The van der Waals surface area contributed by atoms with Crippen LogP contribution in [0.4, 0.5) is 5.95 Å². The van der Waals surface area contributed by atoms with Crippen LogP contribution in [0.1, 0.15) is 6.92 Å². The lowest BCUT2D eigenvalue weighted by Gasteiger charge is -2.04. The van der Waals surface area contributed by atoms with Crippen molar-refractivity contribution in [2.45, 2.75) is 23.8 Å². The topological polar surface area (TPSA) is 133 Å². The maximum Gasteiger partial charge on any atom is 0.343 e. The molecule has 0 aliphatic rings. The van der Waals surface area contributed by atoms with E-state index in [0.717, 1.165) is 11.8 Å². The number of rotatable bonds is 4. The van der Waals surface area contributed by atoms with Crippen LogP contribution in [-0.4, -0.2) is 39.5 Å². The monoisotopic (exact) mass is 305 g/mol. The van der Waals surface area contributed by atoms with Crippen LogP contribution < -0.4 is 11.4 Å². The average Bonchev–Trinajstić information content (AvgIpc) is 3.08. The van der Waals surface area contributed by atoms with Crippen LogP contribution in [0.5, 0.6) is 0 Å². The van der Waals surface area contributed by atoms with Gasteiger partial charge in [0, 0.05) is 18.9 Å². The molecule has 3 aromatic heterocycles. The highest BCUT2D eigenvalue weighted by Gasteiger charge is 2.13. The smallest absolute Gasteiger partial charge is 0.343 e. The number of nitrogens with two attached hydrogens (primary N) is 1. The van der Waals surface area contributed by atoms with Crippen LogP contribution in [0.15, 0.2) is 33.6 Å². The standard InChI is InChI=1S/C10H11N9OS/c1-2-18-9(20)16-17-10(18)21-8-14-6(11)13-7(15-8)19-5-3-4-12-19/h3-5H,2H2,1H3,(H,16,20)(H2,11,13,14,15). The van der Waals surface area contributed by atoms with Crippen molar-refractivity contribution in [3.8, 4) is 5.95 Å². The van der Waals surface area contributed by atoms with Gasteiger partial charge in [0.1, 0.15) is 0 Å². The Hall–Kier alpha value is -2.69. The molecule has 0 amide bonds. The molecule has 21 heavy (non-hydrogen) atoms. The fourth-order valence-corrected chi connectivity index (χ4v) is 2.48. The van der Waals surface area contributed by atoms with Crippen molar-refractivity contribution < 1.29 is 0 Å². The zero-order valence-electron chi connectivity index (χ0n) is 11.0. The summed E-state index contributed by atoms with van der Waals surface area (Å²) < 4.78 is 2.94.